The van der Waals surface area contributed by atoms with Crippen LogP contribution in [0.15, 0.2) is 152 Å². The highest BCUT2D eigenvalue weighted by Crippen LogP contribution is 2.68. The van der Waals surface area contributed by atoms with E-state index in [1.54, 1.807) is 0 Å². The minimum atomic E-state index is -2.02. The van der Waals surface area contributed by atoms with Crippen LogP contribution in [0.2, 0.25) is 0 Å². The fourth-order valence-electron chi connectivity index (χ4n) is 5.18. The summed E-state index contributed by atoms with van der Waals surface area (Å²) in [5, 5.41) is 4.32. The summed E-state index contributed by atoms with van der Waals surface area (Å²) in [5.41, 5.74) is 3.18. The molecule has 34 heavy (non-hydrogen) atoms. The highest BCUT2D eigenvalue weighted by Gasteiger charge is 2.52. The summed E-state index contributed by atoms with van der Waals surface area (Å²) in [7, 11) is -2.02. The van der Waals surface area contributed by atoms with Gasteiger partial charge < -0.3 is 0 Å². The van der Waals surface area contributed by atoms with Gasteiger partial charge in [-0.15, -0.1) is 0 Å². The van der Waals surface area contributed by atoms with E-state index in [4.69, 9.17) is 0 Å². The fourth-order valence-corrected chi connectivity index (χ4v) is 10.2. The third kappa shape index (κ3) is 4.47. The predicted molar refractivity (Wildman–Crippen MR) is 149 cm³/mol. The molecule has 0 spiro atoms. The molecule has 1 unspecified atom stereocenters. The molecule has 0 radical (unpaired) electrons. The molecule has 0 N–H and O–H groups in total. The first-order valence-electron chi connectivity index (χ1n) is 12.0. The van der Waals surface area contributed by atoms with Gasteiger partial charge in [0.2, 0.25) is 0 Å². The lowest BCUT2D eigenvalue weighted by molar-refractivity contribution is 0.793. The van der Waals surface area contributed by atoms with E-state index in [9.17, 15) is 0 Å². The van der Waals surface area contributed by atoms with Gasteiger partial charge in [0, 0.05) is 0 Å². The first kappa shape index (κ1) is 22.3. The smallest absolute Gasteiger partial charge is 0.0622 e. The van der Waals surface area contributed by atoms with Crippen molar-refractivity contribution in [2.45, 2.75) is 18.5 Å². The Morgan fingerprint density at radius 2 is 0.765 bits per heavy atom. The standard InChI is InChI=1S/C33H30P/c1-6-16-28(17-7-1)26-27-33(29-18-8-2-9-19-29)34(30-20-10-3-11-21-30,31-22-12-4-13-23-31)32-24-14-5-15-25-32/h1-25,33H,26-27H2/q+1. The SMILES string of the molecule is c1ccc(CCC(c2ccccc2)[P+](c2ccccc2)(c2ccccc2)c2ccccc2)cc1. The Kier molecular flexibility index (Phi) is 6.99. The third-order valence-electron chi connectivity index (χ3n) is 6.69. The Bertz CT molecular complexity index is 1170. The van der Waals surface area contributed by atoms with Crippen LogP contribution in [0, 0.1) is 0 Å². The highest BCUT2D eigenvalue weighted by molar-refractivity contribution is 7.96. The molecule has 1 heteroatoms. The molecule has 1 atom stereocenters. The second kappa shape index (κ2) is 10.6. The molecular weight excluding hydrogens is 427 g/mol. The van der Waals surface area contributed by atoms with E-state index in [-0.39, 0.29) is 0 Å². The van der Waals surface area contributed by atoms with Crippen LogP contribution in [0.25, 0.3) is 0 Å². The van der Waals surface area contributed by atoms with Crippen molar-refractivity contribution >= 4 is 23.2 Å². The van der Waals surface area contributed by atoms with Crippen molar-refractivity contribution < 1.29 is 0 Å². The average Bonchev–Trinajstić information content (AvgIpc) is 2.94. The van der Waals surface area contributed by atoms with E-state index in [2.05, 4.69) is 152 Å². The van der Waals surface area contributed by atoms with Crippen LogP contribution in [-0.2, 0) is 6.42 Å². The molecule has 166 valence electrons. The Morgan fingerprint density at radius 1 is 0.412 bits per heavy atom. The molecule has 0 bridgehead atoms. The van der Waals surface area contributed by atoms with Crippen LogP contribution in [0.5, 0.6) is 0 Å². The summed E-state index contributed by atoms with van der Waals surface area (Å²) in [5.74, 6) is 0. The first-order valence-corrected chi connectivity index (χ1v) is 13.9. The maximum Gasteiger partial charge on any atom is 0.119 e. The Morgan fingerprint density at radius 3 is 1.18 bits per heavy atom. The maximum absolute atomic E-state index is 2.35. The van der Waals surface area contributed by atoms with Crippen molar-refractivity contribution in [1.29, 1.82) is 0 Å². The number of hydrogen-bond acceptors (Lipinski definition) is 0. The van der Waals surface area contributed by atoms with E-state index < -0.39 is 7.26 Å². The molecule has 0 aliphatic heterocycles. The van der Waals surface area contributed by atoms with Crippen LogP contribution < -0.4 is 15.9 Å². The van der Waals surface area contributed by atoms with Crippen LogP contribution >= 0.6 is 7.26 Å². The topological polar surface area (TPSA) is 0 Å². The lowest BCUT2D eigenvalue weighted by Crippen LogP contribution is -2.35. The largest absolute Gasteiger partial charge is 0.119 e. The van der Waals surface area contributed by atoms with Crippen LogP contribution in [-0.4, -0.2) is 0 Å². The van der Waals surface area contributed by atoms with Gasteiger partial charge >= 0.3 is 0 Å². The zero-order valence-corrected chi connectivity index (χ0v) is 20.3. The minimum absolute atomic E-state index is 0.362. The van der Waals surface area contributed by atoms with Crippen molar-refractivity contribution in [3.05, 3.63) is 163 Å². The zero-order valence-electron chi connectivity index (χ0n) is 19.4. The molecule has 0 amide bonds. The second-order valence-corrected chi connectivity index (χ2v) is 12.3. The summed E-state index contributed by atoms with van der Waals surface area (Å²) in [4.78, 5) is 0. The monoisotopic (exact) mass is 457 g/mol. The lowest BCUT2D eigenvalue weighted by Gasteiger charge is -2.35. The van der Waals surface area contributed by atoms with E-state index >= 15 is 0 Å². The summed E-state index contributed by atoms with van der Waals surface area (Å²) >= 11 is 0. The van der Waals surface area contributed by atoms with Gasteiger partial charge in [-0.2, -0.15) is 0 Å². The Balaban J connectivity index is 1.78. The molecule has 5 rings (SSSR count). The normalized spacial score (nSPS) is 12.2. The van der Waals surface area contributed by atoms with Gasteiger partial charge in [-0.1, -0.05) is 115 Å². The van der Waals surface area contributed by atoms with Crippen molar-refractivity contribution in [3.63, 3.8) is 0 Å². The van der Waals surface area contributed by atoms with Gasteiger partial charge in [-0.3, -0.25) is 0 Å². The van der Waals surface area contributed by atoms with Crippen molar-refractivity contribution in [3.8, 4) is 0 Å². The lowest BCUT2D eigenvalue weighted by atomic mass is 10.0. The van der Waals surface area contributed by atoms with Crippen molar-refractivity contribution in [1.82, 2.24) is 0 Å². The summed E-state index contributed by atoms with van der Waals surface area (Å²) in [6.07, 6.45) is 2.13. The van der Waals surface area contributed by atoms with Gasteiger partial charge in [0.15, 0.2) is 0 Å². The molecular formula is C33H30P+. The predicted octanol–water partition coefficient (Wildman–Crippen LogP) is 7.35. The Labute approximate surface area is 204 Å². The molecule has 0 fully saturated rings. The van der Waals surface area contributed by atoms with Gasteiger partial charge in [0.05, 0.1) is 0 Å². The average molecular weight is 458 g/mol. The number of benzene rings is 5. The maximum atomic E-state index is 2.35. The van der Waals surface area contributed by atoms with Gasteiger partial charge in [0.1, 0.15) is 28.8 Å². The van der Waals surface area contributed by atoms with Gasteiger partial charge in [0.25, 0.3) is 0 Å². The highest BCUT2D eigenvalue weighted by atomic mass is 31.2. The van der Waals surface area contributed by atoms with Gasteiger partial charge in [-0.25, -0.2) is 0 Å². The number of hydrogen-bond donors (Lipinski definition) is 0. The first-order chi connectivity index (χ1) is 16.9. The summed E-state index contributed by atoms with van der Waals surface area (Å²) in [6.45, 7) is 0. The van der Waals surface area contributed by atoms with Crippen molar-refractivity contribution in [2.24, 2.45) is 0 Å². The summed E-state index contributed by atoms with van der Waals surface area (Å²) < 4.78 is 0. The molecule has 0 saturated carbocycles. The van der Waals surface area contributed by atoms with Crippen LogP contribution in [0.3, 0.4) is 0 Å². The summed E-state index contributed by atoms with van der Waals surface area (Å²) in [6, 6.07) is 55.9. The molecule has 5 aromatic carbocycles. The van der Waals surface area contributed by atoms with Gasteiger partial charge in [-0.05, 0) is 60.4 Å². The third-order valence-corrected chi connectivity index (χ3v) is 11.5. The molecule has 0 aliphatic rings. The van der Waals surface area contributed by atoms with E-state index in [0.717, 1.165) is 12.8 Å². The minimum Gasteiger partial charge on any atom is -0.0622 e. The molecule has 0 aromatic heterocycles. The van der Waals surface area contributed by atoms with Crippen molar-refractivity contribution in [2.75, 3.05) is 0 Å². The van der Waals surface area contributed by atoms with E-state index in [1.165, 1.54) is 27.0 Å². The molecule has 0 nitrogen and oxygen atoms in total. The zero-order chi connectivity index (χ0) is 23.1. The number of aryl methyl sites for hydroxylation is 1. The second-order valence-electron chi connectivity index (χ2n) is 8.68. The molecule has 5 aromatic rings. The molecule has 0 saturated heterocycles. The Hall–Kier alpha value is -3.47. The van der Waals surface area contributed by atoms with Crippen LogP contribution in [0.1, 0.15) is 23.2 Å². The quantitative estimate of drug-likeness (QED) is 0.214. The fraction of sp³-hybridized carbons (Fsp3) is 0.0909. The van der Waals surface area contributed by atoms with E-state index in [0.29, 0.717) is 5.66 Å². The molecule has 0 heterocycles. The van der Waals surface area contributed by atoms with Crippen LogP contribution in [0.4, 0.5) is 0 Å². The molecule has 0 aliphatic carbocycles. The van der Waals surface area contributed by atoms with E-state index in [1.807, 2.05) is 0 Å². The number of rotatable bonds is 8.